The average Bonchev–Trinajstić information content (AvgIpc) is 2.64. The zero-order chi connectivity index (χ0) is 18.5. The smallest absolute Gasteiger partial charge is 0.271 e. The molecule has 8 heteroatoms. The molecule has 0 saturated carbocycles. The molecule has 0 aliphatic rings. The van der Waals surface area contributed by atoms with E-state index in [0.29, 0.717) is 21.4 Å². The largest absolute Gasteiger partial charge is 0.476 e. The minimum atomic E-state index is -0.958. The van der Waals surface area contributed by atoms with E-state index < -0.39 is 17.8 Å². The molecule has 0 fully saturated rings. The van der Waals surface area contributed by atoms with Crippen LogP contribution < -0.4 is 10.1 Å². The molecule has 1 amide bonds. The summed E-state index contributed by atoms with van der Waals surface area (Å²) in [5.74, 6) is -0.261. The Morgan fingerprint density at radius 3 is 2.11 bits per heavy atom. The fourth-order valence-electron chi connectivity index (χ4n) is 2.20. The van der Waals surface area contributed by atoms with E-state index in [1.54, 1.807) is 48.5 Å². The molecule has 0 radical (unpaired) electrons. The summed E-state index contributed by atoms with van der Waals surface area (Å²) < 4.78 is 18.8. The van der Waals surface area contributed by atoms with Crippen molar-refractivity contribution in [3.63, 3.8) is 0 Å². The number of halogens is 4. The van der Waals surface area contributed by atoms with Crippen molar-refractivity contribution in [2.75, 3.05) is 5.32 Å². The maximum atomic E-state index is 13.0. The number of anilines is 1. The SMILES string of the molecule is Cl.O=C(Nc1ccc(F)cn1)C(Oc1ccc(Cl)cc1)c1ccc(Cl)cc1. The first-order valence-electron chi connectivity index (χ1n) is 7.61. The number of carbonyl (C=O) groups is 1. The summed E-state index contributed by atoms with van der Waals surface area (Å²) >= 11 is 11.8. The van der Waals surface area contributed by atoms with Crippen molar-refractivity contribution in [2.45, 2.75) is 6.10 Å². The fraction of sp³-hybridized carbons (Fsp3) is 0.0526. The van der Waals surface area contributed by atoms with E-state index in [1.807, 2.05) is 0 Å². The van der Waals surface area contributed by atoms with Crippen molar-refractivity contribution >= 4 is 47.3 Å². The molecule has 1 unspecified atom stereocenters. The lowest BCUT2D eigenvalue weighted by Crippen LogP contribution is -2.26. The fourth-order valence-corrected chi connectivity index (χ4v) is 2.45. The Hall–Kier alpha value is -2.34. The van der Waals surface area contributed by atoms with E-state index in [4.69, 9.17) is 27.9 Å². The standard InChI is InChI=1S/C19H13Cl2FN2O2.ClH/c20-13-3-1-12(2-4-13)18(26-16-8-5-14(21)6-9-16)19(25)24-17-10-7-15(22)11-23-17;/h1-11,18H,(H,23,24,25);1H. The molecule has 0 aliphatic carbocycles. The Bertz CT molecular complexity index is 888. The summed E-state index contributed by atoms with van der Waals surface area (Å²) in [6.07, 6.45) is 0.0627. The van der Waals surface area contributed by atoms with Crippen molar-refractivity contribution in [1.82, 2.24) is 4.98 Å². The number of carbonyl (C=O) groups excluding carboxylic acids is 1. The van der Waals surface area contributed by atoms with Crippen LogP contribution in [0.2, 0.25) is 10.0 Å². The van der Waals surface area contributed by atoms with E-state index in [2.05, 4.69) is 10.3 Å². The molecule has 1 N–H and O–H groups in total. The number of nitrogens with zero attached hydrogens (tertiary/aromatic N) is 1. The first-order chi connectivity index (χ1) is 12.5. The molecule has 2 aromatic carbocycles. The number of aromatic nitrogens is 1. The number of hydrogen-bond acceptors (Lipinski definition) is 3. The van der Waals surface area contributed by atoms with Gasteiger partial charge >= 0.3 is 0 Å². The number of amides is 1. The second kappa shape index (κ2) is 9.55. The van der Waals surface area contributed by atoms with Crippen molar-refractivity contribution < 1.29 is 13.9 Å². The number of benzene rings is 2. The minimum absolute atomic E-state index is 0. The van der Waals surface area contributed by atoms with Gasteiger partial charge in [-0.2, -0.15) is 0 Å². The summed E-state index contributed by atoms with van der Waals surface area (Å²) in [6.45, 7) is 0. The predicted molar refractivity (Wildman–Crippen MR) is 106 cm³/mol. The molecule has 4 nitrogen and oxygen atoms in total. The average molecular weight is 428 g/mol. The van der Waals surface area contributed by atoms with Gasteiger partial charge in [0.25, 0.3) is 5.91 Å². The first-order valence-corrected chi connectivity index (χ1v) is 8.37. The van der Waals surface area contributed by atoms with E-state index >= 15 is 0 Å². The monoisotopic (exact) mass is 426 g/mol. The van der Waals surface area contributed by atoms with Crippen LogP contribution in [0.4, 0.5) is 10.2 Å². The maximum Gasteiger partial charge on any atom is 0.271 e. The summed E-state index contributed by atoms with van der Waals surface area (Å²) in [4.78, 5) is 16.6. The van der Waals surface area contributed by atoms with Crippen LogP contribution in [0.1, 0.15) is 11.7 Å². The van der Waals surface area contributed by atoms with Gasteiger partial charge in [-0.25, -0.2) is 9.37 Å². The van der Waals surface area contributed by atoms with Gasteiger partial charge in [-0.1, -0.05) is 35.3 Å². The molecule has 1 aromatic heterocycles. The first kappa shape index (κ1) is 21.0. The molecule has 0 bridgehead atoms. The second-order valence-corrected chi connectivity index (χ2v) is 6.23. The van der Waals surface area contributed by atoms with Crippen LogP contribution >= 0.6 is 35.6 Å². The van der Waals surface area contributed by atoms with Crippen molar-refractivity contribution in [3.8, 4) is 5.75 Å². The van der Waals surface area contributed by atoms with Gasteiger partial charge in [0.1, 0.15) is 17.4 Å². The van der Waals surface area contributed by atoms with Crippen LogP contribution in [0.15, 0.2) is 66.9 Å². The number of hydrogen-bond donors (Lipinski definition) is 1. The third-order valence-corrected chi connectivity index (χ3v) is 3.96. The zero-order valence-electron chi connectivity index (χ0n) is 13.7. The Morgan fingerprint density at radius 1 is 0.963 bits per heavy atom. The van der Waals surface area contributed by atoms with Crippen LogP contribution in [-0.4, -0.2) is 10.9 Å². The van der Waals surface area contributed by atoms with Gasteiger partial charge in [0.05, 0.1) is 6.20 Å². The molecule has 0 aliphatic heterocycles. The molecule has 1 heterocycles. The van der Waals surface area contributed by atoms with Gasteiger partial charge in [0.2, 0.25) is 6.10 Å². The summed E-state index contributed by atoms with van der Waals surface area (Å²) in [7, 11) is 0. The van der Waals surface area contributed by atoms with E-state index in [1.165, 1.54) is 12.1 Å². The molecule has 27 heavy (non-hydrogen) atoms. The minimum Gasteiger partial charge on any atom is -0.476 e. The number of ether oxygens (including phenoxy) is 1. The molecular weight excluding hydrogens is 414 g/mol. The highest BCUT2D eigenvalue weighted by Gasteiger charge is 2.23. The quantitative estimate of drug-likeness (QED) is 0.567. The van der Waals surface area contributed by atoms with Gasteiger partial charge in [-0.05, 0) is 48.5 Å². The molecule has 0 saturated heterocycles. The molecule has 140 valence electrons. The highest BCUT2D eigenvalue weighted by molar-refractivity contribution is 6.30. The number of rotatable bonds is 5. The summed E-state index contributed by atoms with van der Waals surface area (Å²) in [5.41, 5.74) is 0.601. The van der Waals surface area contributed by atoms with Gasteiger partial charge in [0, 0.05) is 15.6 Å². The second-order valence-electron chi connectivity index (χ2n) is 5.35. The topological polar surface area (TPSA) is 51.2 Å². The third-order valence-electron chi connectivity index (χ3n) is 3.46. The molecule has 0 spiro atoms. The zero-order valence-corrected chi connectivity index (χ0v) is 16.1. The van der Waals surface area contributed by atoms with Crippen LogP contribution in [0, 0.1) is 5.82 Å². The Balaban J connectivity index is 0.00000261. The predicted octanol–water partition coefficient (Wildman–Crippen LogP) is 5.71. The maximum absolute atomic E-state index is 13.0. The van der Waals surface area contributed by atoms with Gasteiger partial charge in [0.15, 0.2) is 0 Å². The van der Waals surface area contributed by atoms with Crippen molar-refractivity contribution in [3.05, 3.63) is 88.3 Å². The molecule has 3 aromatic rings. The highest BCUT2D eigenvalue weighted by Crippen LogP contribution is 2.26. The Labute approximate surface area is 171 Å². The van der Waals surface area contributed by atoms with E-state index in [-0.39, 0.29) is 18.2 Å². The van der Waals surface area contributed by atoms with Gasteiger partial charge < -0.3 is 10.1 Å². The normalized spacial score (nSPS) is 11.2. The third kappa shape index (κ3) is 5.82. The van der Waals surface area contributed by atoms with Gasteiger partial charge in [-0.15, -0.1) is 12.4 Å². The highest BCUT2D eigenvalue weighted by atomic mass is 35.5. The number of pyridine rings is 1. The lowest BCUT2D eigenvalue weighted by atomic mass is 10.1. The Kier molecular flexibility index (Phi) is 7.42. The van der Waals surface area contributed by atoms with Crippen molar-refractivity contribution in [1.29, 1.82) is 0 Å². The summed E-state index contributed by atoms with van der Waals surface area (Å²) in [6, 6.07) is 15.9. The van der Waals surface area contributed by atoms with Crippen LogP contribution in [-0.2, 0) is 4.79 Å². The van der Waals surface area contributed by atoms with E-state index in [9.17, 15) is 9.18 Å². The van der Waals surface area contributed by atoms with Crippen molar-refractivity contribution in [2.24, 2.45) is 0 Å². The van der Waals surface area contributed by atoms with E-state index in [0.717, 1.165) is 6.20 Å². The molecule has 1 atom stereocenters. The van der Waals surface area contributed by atoms with Crippen LogP contribution in [0.3, 0.4) is 0 Å². The Morgan fingerprint density at radius 2 is 1.56 bits per heavy atom. The van der Waals surface area contributed by atoms with Gasteiger partial charge in [-0.3, -0.25) is 4.79 Å². The van der Waals surface area contributed by atoms with Crippen LogP contribution in [0.5, 0.6) is 5.75 Å². The summed E-state index contributed by atoms with van der Waals surface area (Å²) in [5, 5.41) is 3.71. The van der Waals surface area contributed by atoms with Crippen LogP contribution in [0.25, 0.3) is 0 Å². The lowest BCUT2D eigenvalue weighted by Gasteiger charge is -2.19. The molecule has 3 rings (SSSR count). The lowest BCUT2D eigenvalue weighted by molar-refractivity contribution is -0.123. The number of nitrogens with one attached hydrogen (secondary N) is 1. The molecular formula is C19H14Cl3FN2O2.